The van der Waals surface area contributed by atoms with Crippen molar-refractivity contribution in [3.05, 3.63) is 12.7 Å². The smallest absolute Gasteiger partial charge is 0.257 e. The van der Waals surface area contributed by atoms with E-state index in [-0.39, 0.29) is 4.48 Å². The number of rotatable bonds is 8. The third-order valence-corrected chi connectivity index (χ3v) is 2.75. The van der Waals surface area contributed by atoms with E-state index >= 15 is 0 Å². The highest BCUT2D eigenvalue weighted by molar-refractivity contribution is 5.54. The molecule has 0 radical (unpaired) electrons. The minimum atomic E-state index is -0.961. The maximum atomic E-state index is 11.2. The lowest BCUT2D eigenvalue weighted by molar-refractivity contribution is -0.871. The van der Waals surface area contributed by atoms with Crippen LogP contribution in [-0.4, -0.2) is 30.2 Å². The Morgan fingerprint density at radius 1 is 1.27 bits per heavy atom. The van der Waals surface area contributed by atoms with Gasteiger partial charge in [-0.05, 0) is 18.9 Å². The fraction of sp³-hybridized carbons (Fsp3) is 0.750. The summed E-state index contributed by atoms with van der Waals surface area (Å²) in [6, 6.07) is 0. The molecular weight excluding hydrogens is 190 g/mol. The molecule has 0 aliphatic heterocycles. The van der Waals surface area contributed by atoms with Crippen molar-refractivity contribution in [3.8, 4) is 0 Å². The summed E-state index contributed by atoms with van der Waals surface area (Å²) in [6.45, 7) is 9.56. The van der Waals surface area contributed by atoms with Gasteiger partial charge in [-0.2, -0.15) is 0 Å². The maximum absolute atomic E-state index is 11.2. The van der Waals surface area contributed by atoms with E-state index in [0.29, 0.717) is 19.6 Å². The molecule has 0 aliphatic rings. The van der Waals surface area contributed by atoms with E-state index in [1.54, 1.807) is 6.08 Å². The van der Waals surface area contributed by atoms with E-state index in [1.807, 2.05) is 0 Å². The molecule has 0 atom stereocenters. The molecule has 0 spiro atoms. The van der Waals surface area contributed by atoms with Crippen molar-refractivity contribution >= 4 is 6.09 Å². The molecule has 0 aliphatic carbocycles. The van der Waals surface area contributed by atoms with E-state index in [0.717, 1.165) is 25.7 Å². The number of carbonyl (C=O) groups excluding carboxylic acids is 1. The molecule has 0 bridgehead atoms. The monoisotopic (exact) mass is 213 g/mol. The number of unbranched alkanes of at least 4 members (excludes halogenated alkanes) is 2. The fourth-order valence-electron chi connectivity index (χ4n) is 1.72. The molecular formula is C12H23NO2. The Morgan fingerprint density at radius 3 is 2.00 bits per heavy atom. The summed E-state index contributed by atoms with van der Waals surface area (Å²) in [4.78, 5) is 11.2. The van der Waals surface area contributed by atoms with Gasteiger partial charge in [-0.15, -0.1) is 0 Å². The second-order valence-corrected chi connectivity index (χ2v) is 4.04. The van der Waals surface area contributed by atoms with Crippen molar-refractivity contribution in [2.75, 3.05) is 19.6 Å². The molecule has 0 N–H and O–H groups in total. The molecule has 15 heavy (non-hydrogen) atoms. The van der Waals surface area contributed by atoms with Crippen LogP contribution < -0.4 is 5.11 Å². The second kappa shape index (κ2) is 7.46. The van der Waals surface area contributed by atoms with Gasteiger partial charge in [-0.25, -0.2) is 0 Å². The average Bonchev–Trinajstić information content (AvgIpc) is 2.22. The Hall–Kier alpha value is -0.830. The van der Waals surface area contributed by atoms with Crippen LogP contribution in [0.2, 0.25) is 0 Å². The Kier molecular flexibility index (Phi) is 7.05. The highest BCUT2D eigenvalue weighted by Gasteiger charge is 2.27. The fourth-order valence-corrected chi connectivity index (χ4v) is 1.72. The van der Waals surface area contributed by atoms with Crippen molar-refractivity contribution in [2.45, 2.75) is 39.5 Å². The third-order valence-electron chi connectivity index (χ3n) is 2.75. The van der Waals surface area contributed by atoms with Crippen LogP contribution in [0.3, 0.4) is 0 Å². The van der Waals surface area contributed by atoms with Crippen LogP contribution in [0.1, 0.15) is 39.5 Å². The quantitative estimate of drug-likeness (QED) is 0.456. The Morgan fingerprint density at radius 2 is 1.73 bits per heavy atom. The molecule has 0 aromatic carbocycles. The molecule has 0 saturated carbocycles. The largest absolute Gasteiger partial charge is 0.498 e. The van der Waals surface area contributed by atoms with Gasteiger partial charge >= 0.3 is 0 Å². The molecule has 3 heteroatoms. The van der Waals surface area contributed by atoms with Gasteiger partial charge in [-0.3, -0.25) is 4.48 Å². The number of hydrogen-bond acceptors (Lipinski definition) is 2. The lowest BCUT2D eigenvalue weighted by Gasteiger charge is -2.37. The van der Waals surface area contributed by atoms with Crippen molar-refractivity contribution in [1.29, 1.82) is 0 Å². The first-order chi connectivity index (χ1) is 7.13. The van der Waals surface area contributed by atoms with Gasteiger partial charge in [0.15, 0.2) is 0 Å². The molecule has 0 aromatic rings. The zero-order valence-electron chi connectivity index (χ0n) is 10.00. The first-order valence-corrected chi connectivity index (χ1v) is 5.81. The standard InChI is InChI=1S/C12H23NO2/c1-4-7-10-13(9-6-3,12(14)15)11-8-5-2/h6H,3-5,7-11H2,1-2H3. The topological polar surface area (TPSA) is 40.1 Å². The Bertz CT molecular complexity index is 194. The summed E-state index contributed by atoms with van der Waals surface area (Å²) in [6.07, 6.45) is 4.59. The highest BCUT2D eigenvalue weighted by Crippen LogP contribution is 2.12. The van der Waals surface area contributed by atoms with E-state index in [9.17, 15) is 9.90 Å². The molecule has 88 valence electrons. The zero-order valence-corrected chi connectivity index (χ0v) is 10.00. The molecule has 0 unspecified atom stereocenters. The summed E-state index contributed by atoms with van der Waals surface area (Å²) < 4.78 is 0.0468. The highest BCUT2D eigenvalue weighted by atomic mass is 16.4. The van der Waals surface area contributed by atoms with Crippen LogP contribution in [0.5, 0.6) is 0 Å². The van der Waals surface area contributed by atoms with Crippen LogP contribution >= 0.6 is 0 Å². The number of quaternary nitrogens is 1. The molecule has 0 saturated heterocycles. The summed E-state index contributed by atoms with van der Waals surface area (Å²) >= 11 is 0. The maximum Gasteiger partial charge on any atom is 0.257 e. The van der Waals surface area contributed by atoms with Gasteiger partial charge in [0.05, 0.1) is 13.1 Å². The number of carboxylic acid groups (broad SMARTS) is 1. The van der Waals surface area contributed by atoms with Gasteiger partial charge in [0.1, 0.15) is 6.54 Å². The van der Waals surface area contributed by atoms with E-state index in [1.165, 1.54) is 0 Å². The molecule has 0 aromatic heterocycles. The summed E-state index contributed by atoms with van der Waals surface area (Å²) in [5.74, 6) is 0. The lowest BCUT2D eigenvalue weighted by Crippen LogP contribution is -2.59. The third kappa shape index (κ3) is 4.47. The minimum absolute atomic E-state index is 0.0468. The normalized spacial score (nSPS) is 11.3. The van der Waals surface area contributed by atoms with Crippen LogP contribution in [0.15, 0.2) is 12.7 Å². The average molecular weight is 213 g/mol. The molecule has 1 amide bonds. The van der Waals surface area contributed by atoms with Crippen LogP contribution in [0.25, 0.3) is 0 Å². The van der Waals surface area contributed by atoms with E-state index < -0.39 is 6.09 Å². The molecule has 3 nitrogen and oxygen atoms in total. The summed E-state index contributed by atoms with van der Waals surface area (Å²) in [5, 5.41) is 11.2. The lowest BCUT2D eigenvalue weighted by atomic mass is 10.2. The second-order valence-electron chi connectivity index (χ2n) is 4.04. The van der Waals surface area contributed by atoms with Gasteiger partial charge in [0.2, 0.25) is 0 Å². The molecule has 0 fully saturated rings. The minimum Gasteiger partial charge on any atom is -0.498 e. The SMILES string of the molecule is C=CC[N+](CCCC)(CCCC)C(=O)[O-]. The zero-order chi connectivity index (χ0) is 11.7. The van der Waals surface area contributed by atoms with Gasteiger partial charge < -0.3 is 9.90 Å². The molecule has 0 rings (SSSR count). The van der Waals surface area contributed by atoms with Crippen LogP contribution in [0, 0.1) is 0 Å². The van der Waals surface area contributed by atoms with Crippen molar-refractivity contribution in [3.63, 3.8) is 0 Å². The first kappa shape index (κ1) is 14.2. The van der Waals surface area contributed by atoms with E-state index in [2.05, 4.69) is 20.4 Å². The van der Waals surface area contributed by atoms with E-state index in [4.69, 9.17) is 0 Å². The van der Waals surface area contributed by atoms with Crippen LogP contribution in [0.4, 0.5) is 4.79 Å². The van der Waals surface area contributed by atoms with Crippen LogP contribution in [-0.2, 0) is 0 Å². The Labute approximate surface area is 93.0 Å². The van der Waals surface area contributed by atoms with Gasteiger partial charge in [0, 0.05) is 0 Å². The number of carbonyl (C=O) groups is 1. The number of nitrogens with zero attached hydrogens (tertiary/aromatic N) is 1. The number of amides is 1. The summed E-state index contributed by atoms with van der Waals surface area (Å²) in [7, 11) is 0. The molecule has 0 heterocycles. The summed E-state index contributed by atoms with van der Waals surface area (Å²) in [5.41, 5.74) is 0. The predicted molar refractivity (Wildman–Crippen MR) is 60.3 cm³/mol. The van der Waals surface area contributed by atoms with Gasteiger partial charge in [-0.1, -0.05) is 33.3 Å². The van der Waals surface area contributed by atoms with Crippen molar-refractivity contribution in [2.24, 2.45) is 0 Å². The first-order valence-electron chi connectivity index (χ1n) is 5.81. The Balaban J connectivity index is 4.55. The number of hydrogen-bond donors (Lipinski definition) is 0. The predicted octanol–water partition coefficient (Wildman–Crippen LogP) is 1.93. The van der Waals surface area contributed by atoms with Gasteiger partial charge in [0.25, 0.3) is 6.09 Å². The van der Waals surface area contributed by atoms with Crippen molar-refractivity contribution < 1.29 is 14.4 Å². The van der Waals surface area contributed by atoms with Crippen molar-refractivity contribution in [1.82, 2.24) is 0 Å².